The Morgan fingerprint density at radius 1 is 1.23 bits per heavy atom. The van der Waals surface area contributed by atoms with Gasteiger partial charge < -0.3 is 9.80 Å². The SMILES string of the molecule is CN(Cc1ccc(F)c(Cl)c1)C(=O)C1CCN(C(=O)c2ccccc2)C1. The van der Waals surface area contributed by atoms with Crippen molar-refractivity contribution in [3.05, 3.63) is 70.5 Å². The Morgan fingerprint density at radius 2 is 1.96 bits per heavy atom. The molecule has 0 bridgehead atoms. The lowest BCUT2D eigenvalue weighted by atomic mass is 10.1. The van der Waals surface area contributed by atoms with E-state index < -0.39 is 5.82 Å². The topological polar surface area (TPSA) is 40.6 Å². The van der Waals surface area contributed by atoms with E-state index in [-0.39, 0.29) is 22.8 Å². The first kappa shape index (κ1) is 18.4. The number of likely N-dealkylation sites (tertiary alicyclic amines) is 1. The van der Waals surface area contributed by atoms with Crippen molar-refractivity contribution in [2.45, 2.75) is 13.0 Å². The molecule has 6 heteroatoms. The van der Waals surface area contributed by atoms with Gasteiger partial charge in [0.05, 0.1) is 10.9 Å². The maximum absolute atomic E-state index is 13.2. The minimum absolute atomic E-state index is 0.0196. The van der Waals surface area contributed by atoms with E-state index in [1.807, 2.05) is 18.2 Å². The molecule has 2 amide bonds. The molecule has 0 aromatic heterocycles. The van der Waals surface area contributed by atoms with Gasteiger partial charge in [-0.2, -0.15) is 0 Å². The molecule has 1 unspecified atom stereocenters. The van der Waals surface area contributed by atoms with Gasteiger partial charge in [-0.3, -0.25) is 9.59 Å². The van der Waals surface area contributed by atoms with Gasteiger partial charge in [0.1, 0.15) is 5.82 Å². The van der Waals surface area contributed by atoms with Gasteiger partial charge in [0.2, 0.25) is 5.91 Å². The van der Waals surface area contributed by atoms with Crippen LogP contribution in [0.2, 0.25) is 5.02 Å². The molecule has 3 rings (SSSR count). The van der Waals surface area contributed by atoms with Crippen LogP contribution in [0.4, 0.5) is 4.39 Å². The molecule has 0 N–H and O–H groups in total. The number of rotatable bonds is 4. The monoisotopic (exact) mass is 374 g/mol. The molecule has 0 saturated carbocycles. The first-order valence-electron chi connectivity index (χ1n) is 8.49. The van der Waals surface area contributed by atoms with E-state index in [9.17, 15) is 14.0 Å². The van der Waals surface area contributed by atoms with Gasteiger partial charge >= 0.3 is 0 Å². The second-order valence-electron chi connectivity index (χ2n) is 6.55. The summed E-state index contributed by atoms with van der Waals surface area (Å²) in [6.45, 7) is 1.34. The van der Waals surface area contributed by atoms with E-state index >= 15 is 0 Å². The number of hydrogen-bond acceptors (Lipinski definition) is 2. The summed E-state index contributed by atoms with van der Waals surface area (Å²) in [5.74, 6) is -0.762. The van der Waals surface area contributed by atoms with Crippen LogP contribution in [0.5, 0.6) is 0 Å². The minimum atomic E-state index is -0.477. The molecule has 0 aliphatic carbocycles. The molecule has 26 heavy (non-hydrogen) atoms. The standard InChI is InChI=1S/C20H20ClFN2O2/c1-23(12-14-7-8-18(22)17(21)11-14)19(25)16-9-10-24(13-16)20(26)15-5-3-2-4-6-15/h2-8,11,16H,9-10,12-13H2,1H3. The van der Waals surface area contributed by atoms with E-state index in [0.29, 0.717) is 31.6 Å². The number of hydrogen-bond donors (Lipinski definition) is 0. The van der Waals surface area contributed by atoms with Crippen molar-refractivity contribution >= 4 is 23.4 Å². The summed E-state index contributed by atoms with van der Waals surface area (Å²) in [5, 5.41) is 0.0452. The van der Waals surface area contributed by atoms with Crippen LogP contribution in [-0.4, -0.2) is 41.8 Å². The summed E-state index contributed by atoms with van der Waals surface area (Å²) >= 11 is 5.79. The molecule has 1 saturated heterocycles. The summed E-state index contributed by atoms with van der Waals surface area (Å²) in [4.78, 5) is 28.5. The van der Waals surface area contributed by atoms with Crippen molar-refractivity contribution in [1.29, 1.82) is 0 Å². The van der Waals surface area contributed by atoms with Crippen molar-refractivity contribution in [1.82, 2.24) is 9.80 Å². The third-order valence-corrected chi connectivity index (χ3v) is 4.92. The van der Waals surface area contributed by atoms with Crippen LogP contribution in [-0.2, 0) is 11.3 Å². The molecular formula is C20H20ClFN2O2. The highest BCUT2D eigenvalue weighted by Gasteiger charge is 2.33. The van der Waals surface area contributed by atoms with Crippen LogP contribution >= 0.6 is 11.6 Å². The fourth-order valence-corrected chi connectivity index (χ4v) is 3.41. The Hall–Kier alpha value is -2.40. The maximum atomic E-state index is 13.2. The van der Waals surface area contributed by atoms with Gasteiger partial charge in [-0.15, -0.1) is 0 Å². The zero-order valence-electron chi connectivity index (χ0n) is 14.5. The second kappa shape index (κ2) is 7.87. The van der Waals surface area contributed by atoms with Gasteiger partial charge in [-0.25, -0.2) is 4.39 Å². The van der Waals surface area contributed by atoms with Crippen molar-refractivity contribution in [2.24, 2.45) is 5.92 Å². The fourth-order valence-electron chi connectivity index (χ4n) is 3.21. The number of carbonyl (C=O) groups excluding carboxylic acids is 2. The molecule has 4 nitrogen and oxygen atoms in total. The zero-order valence-corrected chi connectivity index (χ0v) is 15.2. The van der Waals surface area contributed by atoms with E-state index in [4.69, 9.17) is 11.6 Å². The number of nitrogens with zero attached hydrogens (tertiary/aromatic N) is 2. The first-order valence-corrected chi connectivity index (χ1v) is 8.86. The summed E-state index contributed by atoms with van der Waals surface area (Å²) in [7, 11) is 1.71. The number of halogens is 2. The van der Waals surface area contributed by atoms with Gasteiger partial charge in [-0.05, 0) is 36.2 Å². The van der Waals surface area contributed by atoms with Crippen LogP contribution in [0.15, 0.2) is 48.5 Å². The second-order valence-corrected chi connectivity index (χ2v) is 6.95. The molecule has 1 heterocycles. The zero-order chi connectivity index (χ0) is 18.7. The molecular weight excluding hydrogens is 355 g/mol. The maximum Gasteiger partial charge on any atom is 0.253 e. The third-order valence-electron chi connectivity index (χ3n) is 4.63. The molecule has 2 aromatic rings. The molecule has 2 aromatic carbocycles. The van der Waals surface area contributed by atoms with Crippen LogP contribution in [0.25, 0.3) is 0 Å². The molecule has 1 fully saturated rings. The number of carbonyl (C=O) groups is 2. The Morgan fingerprint density at radius 3 is 2.65 bits per heavy atom. The predicted molar refractivity (Wildman–Crippen MR) is 98.3 cm³/mol. The smallest absolute Gasteiger partial charge is 0.253 e. The number of amides is 2. The lowest BCUT2D eigenvalue weighted by Gasteiger charge is -2.22. The number of benzene rings is 2. The predicted octanol–water partition coefficient (Wildman–Crippen LogP) is 3.60. The molecule has 1 atom stereocenters. The summed E-state index contributed by atoms with van der Waals surface area (Å²) in [5.41, 5.74) is 1.40. The van der Waals surface area contributed by atoms with Gasteiger partial charge in [0, 0.05) is 32.2 Å². The Labute approximate surface area is 157 Å². The molecule has 0 radical (unpaired) electrons. The molecule has 0 spiro atoms. The van der Waals surface area contributed by atoms with Crippen molar-refractivity contribution in [3.8, 4) is 0 Å². The highest BCUT2D eigenvalue weighted by atomic mass is 35.5. The normalized spacial score (nSPS) is 16.6. The van der Waals surface area contributed by atoms with Crippen LogP contribution in [0.3, 0.4) is 0 Å². The van der Waals surface area contributed by atoms with E-state index in [1.54, 1.807) is 35.0 Å². The van der Waals surface area contributed by atoms with Gasteiger partial charge in [-0.1, -0.05) is 35.9 Å². The highest BCUT2D eigenvalue weighted by Crippen LogP contribution is 2.22. The van der Waals surface area contributed by atoms with E-state index in [2.05, 4.69) is 0 Å². The molecule has 1 aliphatic rings. The average molecular weight is 375 g/mol. The van der Waals surface area contributed by atoms with Gasteiger partial charge in [0.25, 0.3) is 5.91 Å². The fraction of sp³-hybridized carbons (Fsp3) is 0.300. The quantitative estimate of drug-likeness (QED) is 0.820. The Balaban J connectivity index is 1.60. The summed E-state index contributed by atoms with van der Waals surface area (Å²) in [6, 6.07) is 13.5. The first-order chi connectivity index (χ1) is 12.5. The summed E-state index contributed by atoms with van der Waals surface area (Å²) < 4.78 is 13.2. The largest absolute Gasteiger partial charge is 0.341 e. The Kier molecular flexibility index (Phi) is 5.57. The minimum Gasteiger partial charge on any atom is -0.341 e. The summed E-state index contributed by atoms with van der Waals surface area (Å²) in [6.07, 6.45) is 0.645. The highest BCUT2D eigenvalue weighted by molar-refractivity contribution is 6.30. The lowest BCUT2D eigenvalue weighted by Crippen LogP contribution is -2.35. The van der Waals surface area contributed by atoms with Crippen LogP contribution in [0, 0.1) is 11.7 Å². The third kappa shape index (κ3) is 4.05. The average Bonchev–Trinajstić information content (AvgIpc) is 3.14. The lowest BCUT2D eigenvalue weighted by molar-refractivity contribution is -0.134. The van der Waals surface area contributed by atoms with E-state index in [1.165, 1.54) is 12.1 Å². The van der Waals surface area contributed by atoms with E-state index in [0.717, 1.165) is 5.56 Å². The van der Waals surface area contributed by atoms with Crippen molar-refractivity contribution in [3.63, 3.8) is 0 Å². The van der Waals surface area contributed by atoms with Crippen molar-refractivity contribution in [2.75, 3.05) is 20.1 Å². The van der Waals surface area contributed by atoms with Gasteiger partial charge in [0.15, 0.2) is 0 Å². The van der Waals surface area contributed by atoms with Crippen LogP contribution in [0.1, 0.15) is 22.3 Å². The molecule has 1 aliphatic heterocycles. The Bertz CT molecular complexity index is 813. The van der Waals surface area contributed by atoms with Crippen molar-refractivity contribution < 1.29 is 14.0 Å². The van der Waals surface area contributed by atoms with Crippen LogP contribution < -0.4 is 0 Å². The molecule has 136 valence electrons.